The van der Waals surface area contributed by atoms with Gasteiger partial charge in [0.2, 0.25) is 0 Å². The molecule has 0 aliphatic rings. The van der Waals surface area contributed by atoms with Crippen molar-refractivity contribution < 1.29 is 27.5 Å². The lowest BCUT2D eigenvalue weighted by molar-refractivity contribution is -0.138. The van der Waals surface area contributed by atoms with Crippen LogP contribution in [0.1, 0.15) is 31.9 Å². The third-order valence-electron chi connectivity index (χ3n) is 3.27. The summed E-state index contributed by atoms with van der Waals surface area (Å²) < 4.78 is 51.4. The van der Waals surface area contributed by atoms with Crippen LogP contribution in [0, 0.1) is 11.2 Å². The van der Waals surface area contributed by atoms with E-state index < -0.39 is 41.7 Å². The van der Waals surface area contributed by atoms with E-state index in [-0.39, 0.29) is 12.1 Å². The highest BCUT2D eigenvalue weighted by atomic mass is 19.4. The van der Waals surface area contributed by atoms with E-state index in [0.29, 0.717) is 6.07 Å². The average molecular weight is 336 g/mol. The molecule has 1 rings (SSSR count). The normalized spacial score (nSPS) is 13.6. The second-order valence-electron chi connectivity index (χ2n) is 6.24. The van der Waals surface area contributed by atoms with Gasteiger partial charge in [0, 0.05) is 13.1 Å². The van der Waals surface area contributed by atoms with E-state index in [2.05, 4.69) is 10.6 Å². The van der Waals surface area contributed by atoms with Gasteiger partial charge in [0.15, 0.2) is 0 Å². The average Bonchev–Trinajstić information content (AvgIpc) is 2.41. The molecule has 1 unspecified atom stereocenters. The standard InChI is InChI=1S/C15H20F4N2O2/c1-14(2,3)12(22)8-21-13(23)20-7-9-4-5-10(16)6-11(9)15(17,18)19/h4-6,12,22H,7-8H2,1-3H3,(H2,20,21,23). The molecule has 0 spiro atoms. The minimum Gasteiger partial charge on any atom is -0.391 e. The second kappa shape index (κ2) is 7.16. The Kier molecular flexibility index (Phi) is 5.98. The molecule has 0 saturated heterocycles. The van der Waals surface area contributed by atoms with Gasteiger partial charge in [-0.05, 0) is 23.1 Å². The zero-order valence-electron chi connectivity index (χ0n) is 13.1. The molecule has 0 aliphatic heterocycles. The summed E-state index contributed by atoms with van der Waals surface area (Å²) in [6.45, 7) is 4.90. The molecular weight excluding hydrogens is 316 g/mol. The number of nitrogens with one attached hydrogen (secondary N) is 2. The lowest BCUT2D eigenvalue weighted by atomic mass is 9.89. The molecular formula is C15H20F4N2O2. The van der Waals surface area contributed by atoms with Crippen LogP contribution in [-0.2, 0) is 12.7 Å². The van der Waals surface area contributed by atoms with Gasteiger partial charge in [-0.15, -0.1) is 0 Å². The summed E-state index contributed by atoms with van der Waals surface area (Å²) in [7, 11) is 0. The number of urea groups is 1. The molecule has 1 atom stereocenters. The molecule has 1 aromatic rings. The van der Waals surface area contributed by atoms with Crippen LogP contribution in [0.3, 0.4) is 0 Å². The van der Waals surface area contributed by atoms with Gasteiger partial charge in [-0.1, -0.05) is 26.8 Å². The quantitative estimate of drug-likeness (QED) is 0.740. The minimum absolute atomic E-state index is 0.0368. The van der Waals surface area contributed by atoms with Crippen molar-refractivity contribution in [2.24, 2.45) is 5.41 Å². The van der Waals surface area contributed by atoms with Crippen LogP contribution in [-0.4, -0.2) is 23.8 Å². The van der Waals surface area contributed by atoms with E-state index >= 15 is 0 Å². The molecule has 4 nitrogen and oxygen atoms in total. The van der Waals surface area contributed by atoms with Crippen LogP contribution in [0.4, 0.5) is 22.4 Å². The highest BCUT2D eigenvalue weighted by Gasteiger charge is 2.33. The highest BCUT2D eigenvalue weighted by Crippen LogP contribution is 2.32. The number of hydrogen-bond acceptors (Lipinski definition) is 2. The number of aliphatic hydroxyl groups excluding tert-OH is 1. The molecule has 8 heteroatoms. The zero-order chi connectivity index (χ0) is 17.8. The van der Waals surface area contributed by atoms with E-state index in [1.807, 2.05) is 0 Å². The number of aliphatic hydroxyl groups is 1. The van der Waals surface area contributed by atoms with Crippen molar-refractivity contribution in [1.82, 2.24) is 10.6 Å². The van der Waals surface area contributed by atoms with Gasteiger partial charge in [-0.2, -0.15) is 13.2 Å². The Labute approximate surface area is 131 Å². The summed E-state index contributed by atoms with van der Waals surface area (Å²) in [5.74, 6) is -1.00. The lowest BCUT2D eigenvalue weighted by Gasteiger charge is -2.25. The van der Waals surface area contributed by atoms with Crippen LogP contribution in [0.5, 0.6) is 0 Å². The summed E-state index contributed by atoms with van der Waals surface area (Å²) in [6.07, 6.45) is -5.51. The van der Waals surface area contributed by atoms with E-state index in [1.54, 1.807) is 20.8 Å². The summed E-state index contributed by atoms with van der Waals surface area (Å²) in [5, 5.41) is 14.4. The van der Waals surface area contributed by atoms with Crippen LogP contribution >= 0.6 is 0 Å². The number of carbonyl (C=O) groups is 1. The number of benzene rings is 1. The molecule has 3 N–H and O–H groups in total. The van der Waals surface area contributed by atoms with Crippen LogP contribution in [0.2, 0.25) is 0 Å². The zero-order valence-corrected chi connectivity index (χ0v) is 13.1. The predicted octanol–water partition coefficient (Wildman–Crippen LogP) is 3.05. The molecule has 0 fully saturated rings. The SMILES string of the molecule is CC(C)(C)C(O)CNC(=O)NCc1ccc(F)cc1C(F)(F)F. The minimum atomic E-state index is -4.71. The Hall–Kier alpha value is -1.83. The highest BCUT2D eigenvalue weighted by molar-refractivity contribution is 5.73. The molecule has 1 aromatic carbocycles. The maximum absolute atomic E-state index is 13.0. The first-order valence-electron chi connectivity index (χ1n) is 6.96. The molecule has 0 heterocycles. The van der Waals surface area contributed by atoms with Crippen LogP contribution in [0.15, 0.2) is 18.2 Å². The van der Waals surface area contributed by atoms with Crippen LogP contribution in [0.25, 0.3) is 0 Å². The Bertz CT molecular complexity index is 553. The topological polar surface area (TPSA) is 61.4 Å². The molecule has 0 aliphatic carbocycles. The summed E-state index contributed by atoms with van der Waals surface area (Å²) >= 11 is 0. The summed E-state index contributed by atoms with van der Waals surface area (Å²) in [5.41, 5.74) is -1.81. The van der Waals surface area contributed by atoms with E-state index in [9.17, 15) is 27.5 Å². The van der Waals surface area contributed by atoms with Gasteiger partial charge < -0.3 is 15.7 Å². The van der Waals surface area contributed by atoms with E-state index in [1.165, 1.54) is 0 Å². The van der Waals surface area contributed by atoms with Gasteiger partial charge in [0.05, 0.1) is 11.7 Å². The van der Waals surface area contributed by atoms with Gasteiger partial charge in [-0.25, -0.2) is 9.18 Å². The molecule has 130 valence electrons. The van der Waals surface area contributed by atoms with Crippen molar-refractivity contribution in [2.75, 3.05) is 6.54 Å². The van der Waals surface area contributed by atoms with Crippen molar-refractivity contribution >= 4 is 6.03 Å². The maximum atomic E-state index is 13.0. The van der Waals surface area contributed by atoms with E-state index in [4.69, 9.17) is 0 Å². The fourth-order valence-corrected chi connectivity index (χ4v) is 1.70. The summed E-state index contributed by atoms with van der Waals surface area (Å²) in [6, 6.07) is 1.54. The number of rotatable bonds is 4. The Morgan fingerprint density at radius 1 is 1.22 bits per heavy atom. The smallest absolute Gasteiger partial charge is 0.391 e. The van der Waals surface area contributed by atoms with Crippen LogP contribution < -0.4 is 10.6 Å². The van der Waals surface area contributed by atoms with Crippen molar-refractivity contribution in [2.45, 2.75) is 39.6 Å². The van der Waals surface area contributed by atoms with Crippen molar-refractivity contribution in [3.05, 3.63) is 35.1 Å². The monoisotopic (exact) mass is 336 g/mol. The predicted molar refractivity (Wildman–Crippen MR) is 77.1 cm³/mol. The van der Waals surface area contributed by atoms with Crippen molar-refractivity contribution in [1.29, 1.82) is 0 Å². The molecule has 0 aromatic heterocycles. The number of carbonyl (C=O) groups excluding carboxylic acids is 1. The van der Waals surface area contributed by atoms with Crippen molar-refractivity contribution in [3.63, 3.8) is 0 Å². The third kappa shape index (κ3) is 6.05. The first-order chi connectivity index (χ1) is 10.4. The van der Waals surface area contributed by atoms with Crippen molar-refractivity contribution in [3.8, 4) is 0 Å². The first-order valence-corrected chi connectivity index (χ1v) is 6.96. The number of alkyl halides is 3. The first kappa shape index (κ1) is 19.2. The van der Waals surface area contributed by atoms with Gasteiger partial charge in [0.25, 0.3) is 0 Å². The molecule has 2 amide bonds. The Balaban J connectivity index is 2.64. The Morgan fingerprint density at radius 3 is 2.35 bits per heavy atom. The van der Waals surface area contributed by atoms with E-state index in [0.717, 1.165) is 12.1 Å². The molecule has 0 radical (unpaired) electrons. The van der Waals surface area contributed by atoms with Gasteiger partial charge in [0.1, 0.15) is 5.82 Å². The molecule has 0 bridgehead atoms. The molecule has 0 saturated carbocycles. The fourth-order valence-electron chi connectivity index (χ4n) is 1.70. The Morgan fingerprint density at radius 2 is 1.83 bits per heavy atom. The number of halogens is 4. The maximum Gasteiger partial charge on any atom is 0.416 e. The molecule has 23 heavy (non-hydrogen) atoms. The third-order valence-corrected chi connectivity index (χ3v) is 3.27. The summed E-state index contributed by atoms with van der Waals surface area (Å²) in [4.78, 5) is 11.6. The van der Waals surface area contributed by atoms with Gasteiger partial charge in [-0.3, -0.25) is 0 Å². The number of hydrogen-bond donors (Lipinski definition) is 3. The fraction of sp³-hybridized carbons (Fsp3) is 0.533. The largest absolute Gasteiger partial charge is 0.416 e. The van der Waals surface area contributed by atoms with Gasteiger partial charge >= 0.3 is 12.2 Å². The lowest BCUT2D eigenvalue weighted by Crippen LogP contribution is -2.43. The second-order valence-corrected chi connectivity index (χ2v) is 6.24. The number of amides is 2.